The number of hydrogen-bond acceptors (Lipinski definition) is 4. The molecule has 1 amide bonds. The molecule has 35 heavy (non-hydrogen) atoms. The van der Waals surface area contributed by atoms with E-state index in [1.165, 1.54) is 5.56 Å². The molecule has 5 rings (SSSR count). The number of rotatable bonds is 6. The molecule has 0 aliphatic carbocycles. The van der Waals surface area contributed by atoms with Gasteiger partial charge in [-0.05, 0) is 60.2 Å². The fourth-order valence-electron chi connectivity index (χ4n) is 4.82. The number of hydrogen-bond donors (Lipinski definition) is 0. The predicted molar refractivity (Wildman–Crippen MR) is 137 cm³/mol. The second kappa shape index (κ2) is 9.06. The van der Waals surface area contributed by atoms with E-state index in [2.05, 4.69) is 26.0 Å². The average molecular weight is 468 g/mol. The molecule has 1 aliphatic rings. The van der Waals surface area contributed by atoms with Crippen LogP contribution in [0.4, 0.5) is 0 Å². The summed E-state index contributed by atoms with van der Waals surface area (Å²) in [7, 11) is 1.64. The second-order valence-electron chi connectivity index (χ2n) is 9.49. The van der Waals surface area contributed by atoms with Gasteiger partial charge in [0.25, 0.3) is 5.91 Å². The maximum absolute atomic E-state index is 13.7. The number of methoxy groups -OCH3 is 1. The van der Waals surface area contributed by atoms with Gasteiger partial charge in [0.15, 0.2) is 5.43 Å². The third-order valence-electron chi connectivity index (χ3n) is 6.84. The van der Waals surface area contributed by atoms with Gasteiger partial charge in [0.05, 0.1) is 24.1 Å². The van der Waals surface area contributed by atoms with Crippen molar-refractivity contribution in [3.05, 3.63) is 111 Å². The largest absolute Gasteiger partial charge is 0.497 e. The van der Waals surface area contributed by atoms with E-state index < -0.39 is 6.04 Å². The number of carbonyl (C=O) groups is 1. The molecule has 0 fully saturated rings. The molecule has 5 heteroatoms. The summed E-state index contributed by atoms with van der Waals surface area (Å²) in [6, 6.07) is 21.1. The normalized spacial score (nSPS) is 15.2. The minimum absolute atomic E-state index is 0.136. The van der Waals surface area contributed by atoms with Gasteiger partial charge in [0.1, 0.15) is 11.3 Å². The quantitative estimate of drug-likeness (QED) is 0.348. The van der Waals surface area contributed by atoms with Crippen LogP contribution in [0, 0.1) is 6.92 Å². The Hall–Kier alpha value is -3.86. The number of amides is 1. The smallest absolute Gasteiger partial charge is 0.290 e. The maximum Gasteiger partial charge on any atom is 0.290 e. The summed E-state index contributed by atoms with van der Waals surface area (Å²) >= 11 is 0. The van der Waals surface area contributed by atoms with Crippen LogP contribution in [-0.2, 0) is 6.42 Å². The highest BCUT2D eigenvalue weighted by molar-refractivity contribution is 5.99. The minimum atomic E-state index is -0.488. The first kappa shape index (κ1) is 22.9. The van der Waals surface area contributed by atoms with E-state index in [1.54, 1.807) is 18.1 Å². The van der Waals surface area contributed by atoms with Crippen LogP contribution in [0.5, 0.6) is 5.75 Å². The van der Waals surface area contributed by atoms with E-state index in [9.17, 15) is 9.59 Å². The molecule has 0 saturated heterocycles. The van der Waals surface area contributed by atoms with Crippen LogP contribution in [0.1, 0.15) is 64.2 Å². The fraction of sp³-hybridized carbons (Fsp3) is 0.267. The highest BCUT2D eigenvalue weighted by atomic mass is 16.5. The molecule has 1 atom stereocenters. The SMILES string of the molecule is COc1ccc(CCN2C(=O)c3oc4ccc(C)cc4c(=O)c3[C@@H]2c2ccc(C(C)C)cc2)cc1. The Bertz CT molecular complexity index is 1450. The molecule has 4 aromatic rings. The van der Waals surface area contributed by atoms with E-state index in [1.807, 2.05) is 55.5 Å². The average Bonchev–Trinajstić information content (AvgIpc) is 3.15. The Morgan fingerprint density at radius 1 is 0.971 bits per heavy atom. The third kappa shape index (κ3) is 4.12. The molecule has 1 aliphatic heterocycles. The Morgan fingerprint density at radius 2 is 1.69 bits per heavy atom. The van der Waals surface area contributed by atoms with Gasteiger partial charge in [-0.3, -0.25) is 9.59 Å². The molecule has 3 aromatic carbocycles. The summed E-state index contributed by atoms with van der Waals surface area (Å²) in [5.41, 5.74) is 4.92. The van der Waals surface area contributed by atoms with Crippen molar-refractivity contribution in [3.63, 3.8) is 0 Å². The standard InChI is InChI=1S/C30H29NO4/c1-18(2)21-8-10-22(11-9-21)27-26-28(32)24-17-19(3)5-14-25(24)35-29(26)30(33)31(27)16-15-20-6-12-23(34-4)13-7-20/h5-14,17-18,27H,15-16H2,1-4H3/t27-/m0/s1. The Labute approximate surface area is 205 Å². The number of carbonyl (C=O) groups excluding carboxylic acids is 1. The molecule has 0 bridgehead atoms. The van der Waals surface area contributed by atoms with Crippen molar-refractivity contribution in [1.82, 2.24) is 4.90 Å². The van der Waals surface area contributed by atoms with Crippen LogP contribution in [-0.4, -0.2) is 24.5 Å². The minimum Gasteiger partial charge on any atom is -0.497 e. The van der Waals surface area contributed by atoms with E-state index in [0.29, 0.717) is 35.4 Å². The van der Waals surface area contributed by atoms with Crippen LogP contribution < -0.4 is 10.2 Å². The molecule has 0 unspecified atom stereocenters. The monoisotopic (exact) mass is 467 g/mol. The molecule has 0 saturated carbocycles. The molecule has 0 radical (unpaired) electrons. The van der Waals surface area contributed by atoms with Crippen molar-refractivity contribution in [2.75, 3.05) is 13.7 Å². The van der Waals surface area contributed by atoms with Gasteiger partial charge >= 0.3 is 0 Å². The number of fused-ring (bicyclic) bond motifs is 2. The lowest BCUT2D eigenvalue weighted by molar-refractivity contribution is 0.0730. The highest BCUT2D eigenvalue weighted by Gasteiger charge is 2.42. The molecule has 178 valence electrons. The van der Waals surface area contributed by atoms with Gasteiger partial charge in [0.2, 0.25) is 5.76 Å². The molecule has 0 spiro atoms. The molecule has 2 heterocycles. The zero-order chi connectivity index (χ0) is 24.7. The lowest BCUT2D eigenvalue weighted by atomic mass is 9.95. The maximum atomic E-state index is 13.7. The summed E-state index contributed by atoms with van der Waals surface area (Å²) in [5.74, 6) is 1.09. The van der Waals surface area contributed by atoms with Crippen molar-refractivity contribution in [1.29, 1.82) is 0 Å². The lowest BCUT2D eigenvalue weighted by Gasteiger charge is -2.25. The summed E-state index contributed by atoms with van der Waals surface area (Å²) in [6.45, 7) is 6.70. The fourth-order valence-corrected chi connectivity index (χ4v) is 4.82. The van der Waals surface area contributed by atoms with Crippen molar-refractivity contribution in [2.45, 2.75) is 39.2 Å². The van der Waals surface area contributed by atoms with Crippen molar-refractivity contribution >= 4 is 16.9 Å². The second-order valence-corrected chi connectivity index (χ2v) is 9.49. The molecule has 1 aromatic heterocycles. The van der Waals surface area contributed by atoms with Crippen LogP contribution in [0.15, 0.2) is 75.9 Å². The lowest BCUT2D eigenvalue weighted by Crippen LogP contribution is -2.31. The van der Waals surface area contributed by atoms with E-state index in [4.69, 9.17) is 9.15 Å². The van der Waals surface area contributed by atoms with Gasteiger partial charge in [-0.1, -0.05) is 61.9 Å². The summed E-state index contributed by atoms with van der Waals surface area (Å²) in [5, 5.41) is 0.511. The Kier molecular flexibility index (Phi) is 5.93. The first-order chi connectivity index (χ1) is 16.9. The molecular weight excluding hydrogens is 438 g/mol. The summed E-state index contributed by atoms with van der Waals surface area (Å²) < 4.78 is 11.3. The predicted octanol–water partition coefficient (Wildman–Crippen LogP) is 6.02. The first-order valence-electron chi connectivity index (χ1n) is 12.0. The van der Waals surface area contributed by atoms with Crippen molar-refractivity contribution in [3.8, 4) is 5.75 Å². The topological polar surface area (TPSA) is 59.8 Å². The summed E-state index contributed by atoms with van der Waals surface area (Å²) in [6.07, 6.45) is 0.650. The van der Waals surface area contributed by atoms with Crippen LogP contribution in [0.2, 0.25) is 0 Å². The Morgan fingerprint density at radius 3 is 2.34 bits per heavy atom. The van der Waals surface area contributed by atoms with Crippen molar-refractivity contribution < 1.29 is 13.9 Å². The number of aryl methyl sites for hydroxylation is 1. The number of nitrogens with zero attached hydrogens (tertiary/aromatic N) is 1. The van der Waals surface area contributed by atoms with Crippen molar-refractivity contribution in [2.24, 2.45) is 0 Å². The molecule has 0 N–H and O–H groups in total. The van der Waals surface area contributed by atoms with Crippen LogP contribution in [0.25, 0.3) is 11.0 Å². The highest BCUT2D eigenvalue weighted by Crippen LogP contribution is 2.38. The third-order valence-corrected chi connectivity index (χ3v) is 6.84. The van der Waals surface area contributed by atoms with E-state index in [-0.39, 0.29) is 17.1 Å². The van der Waals surface area contributed by atoms with Gasteiger partial charge in [-0.15, -0.1) is 0 Å². The Balaban J connectivity index is 1.59. The van der Waals surface area contributed by atoms with Gasteiger partial charge in [0, 0.05) is 6.54 Å². The number of ether oxygens (including phenoxy) is 1. The van der Waals surface area contributed by atoms with E-state index in [0.717, 1.165) is 22.4 Å². The van der Waals surface area contributed by atoms with Gasteiger partial charge in [-0.2, -0.15) is 0 Å². The molecule has 5 nitrogen and oxygen atoms in total. The summed E-state index contributed by atoms with van der Waals surface area (Å²) in [4.78, 5) is 29.1. The zero-order valence-electron chi connectivity index (χ0n) is 20.5. The van der Waals surface area contributed by atoms with Crippen LogP contribution >= 0.6 is 0 Å². The zero-order valence-corrected chi connectivity index (χ0v) is 20.5. The van der Waals surface area contributed by atoms with E-state index >= 15 is 0 Å². The first-order valence-corrected chi connectivity index (χ1v) is 12.0. The van der Waals surface area contributed by atoms with Gasteiger partial charge in [-0.25, -0.2) is 0 Å². The molecular formula is C30H29NO4. The number of benzene rings is 3. The van der Waals surface area contributed by atoms with Gasteiger partial charge < -0.3 is 14.1 Å². The van der Waals surface area contributed by atoms with Crippen LogP contribution in [0.3, 0.4) is 0 Å².